The zero-order valence-electron chi connectivity index (χ0n) is 10.4. The van der Waals surface area contributed by atoms with Crippen molar-refractivity contribution >= 4 is 29.1 Å². The summed E-state index contributed by atoms with van der Waals surface area (Å²) in [5, 5.41) is 12.2. The molecule has 0 saturated carbocycles. The number of halogens is 1. The quantitative estimate of drug-likeness (QED) is 0.351. The Bertz CT molecular complexity index is 592. The lowest BCUT2D eigenvalue weighted by atomic mass is 10.3. The first-order valence-electron chi connectivity index (χ1n) is 5.77. The predicted molar refractivity (Wildman–Crippen MR) is 78.6 cm³/mol. The monoisotopic (exact) mass is 310 g/mol. The molecule has 20 heavy (non-hydrogen) atoms. The Morgan fingerprint density at radius 3 is 2.80 bits per heavy atom. The van der Waals surface area contributed by atoms with Crippen LogP contribution in [0, 0.1) is 10.1 Å². The second-order valence-corrected chi connectivity index (χ2v) is 5.29. The minimum atomic E-state index is -0.455. The topological polar surface area (TPSA) is 65.3 Å². The summed E-state index contributed by atoms with van der Waals surface area (Å²) in [5.41, 5.74) is -0.0258. The zero-order chi connectivity index (χ0) is 14.4. The number of pyridine rings is 1. The van der Waals surface area contributed by atoms with Crippen molar-refractivity contribution < 1.29 is 9.66 Å². The Hall–Kier alpha value is -1.79. The Morgan fingerprint density at radius 1 is 1.30 bits per heavy atom. The predicted octanol–water partition coefficient (Wildman–Crippen LogP) is 3.81. The molecule has 2 aromatic rings. The number of rotatable bonds is 6. The Labute approximate surface area is 125 Å². The van der Waals surface area contributed by atoms with E-state index in [9.17, 15) is 10.1 Å². The molecule has 5 nitrogen and oxygen atoms in total. The van der Waals surface area contributed by atoms with E-state index in [0.717, 1.165) is 5.03 Å². The van der Waals surface area contributed by atoms with Gasteiger partial charge in [-0.1, -0.05) is 23.7 Å². The van der Waals surface area contributed by atoms with Crippen molar-refractivity contribution in [3.63, 3.8) is 0 Å². The molecule has 0 bridgehead atoms. The van der Waals surface area contributed by atoms with E-state index in [1.807, 2.05) is 6.07 Å². The molecule has 1 aromatic carbocycles. The van der Waals surface area contributed by atoms with Crippen LogP contribution in [0.2, 0.25) is 5.02 Å². The number of thioether (sulfide) groups is 1. The summed E-state index contributed by atoms with van der Waals surface area (Å²) in [6.45, 7) is 0.361. The van der Waals surface area contributed by atoms with Crippen LogP contribution in [0.3, 0.4) is 0 Å². The molecule has 0 fully saturated rings. The number of hydrogen-bond donors (Lipinski definition) is 0. The molecule has 7 heteroatoms. The van der Waals surface area contributed by atoms with Crippen LogP contribution in [0.25, 0.3) is 0 Å². The molecule has 1 aromatic heterocycles. The molecule has 0 saturated heterocycles. The van der Waals surface area contributed by atoms with Gasteiger partial charge >= 0.3 is 5.69 Å². The molecular weight excluding hydrogens is 300 g/mol. The molecule has 0 unspecified atom stereocenters. The van der Waals surface area contributed by atoms with Crippen molar-refractivity contribution in [1.29, 1.82) is 0 Å². The average molecular weight is 311 g/mol. The summed E-state index contributed by atoms with van der Waals surface area (Å²) < 4.78 is 5.43. The molecule has 0 aliphatic heterocycles. The number of ether oxygens (including phenoxy) is 1. The number of nitrogens with zero attached hydrogens (tertiary/aromatic N) is 2. The van der Waals surface area contributed by atoms with Gasteiger partial charge in [-0.15, -0.1) is 11.8 Å². The average Bonchev–Trinajstić information content (AvgIpc) is 2.46. The molecule has 0 radical (unpaired) electrons. The molecule has 0 aliphatic rings. The first kappa shape index (κ1) is 14.6. The molecule has 1 heterocycles. The normalized spacial score (nSPS) is 10.2. The van der Waals surface area contributed by atoms with Gasteiger partial charge in [0, 0.05) is 18.0 Å². The van der Waals surface area contributed by atoms with Crippen LogP contribution in [0.1, 0.15) is 0 Å². The van der Waals surface area contributed by atoms with E-state index in [-0.39, 0.29) is 11.4 Å². The Morgan fingerprint density at radius 2 is 2.10 bits per heavy atom. The minimum absolute atomic E-state index is 0.0258. The van der Waals surface area contributed by atoms with Crippen LogP contribution in [0.5, 0.6) is 5.75 Å². The van der Waals surface area contributed by atoms with Crippen molar-refractivity contribution in [2.24, 2.45) is 0 Å². The van der Waals surface area contributed by atoms with Gasteiger partial charge < -0.3 is 4.74 Å². The molecular formula is C13H11ClN2O3S. The maximum absolute atomic E-state index is 10.8. The van der Waals surface area contributed by atoms with E-state index in [4.69, 9.17) is 16.3 Å². The van der Waals surface area contributed by atoms with E-state index in [1.54, 1.807) is 30.5 Å². The summed E-state index contributed by atoms with van der Waals surface area (Å²) in [4.78, 5) is 14.5. The highest BCUT2D eigenvalue weighted by molar-refractivity contribution is 7.99. The molecule has 0 aliphatic carbocycles. The summed E-state index contributed by atoms with van der Waals surface area (Å²) in [6, 6.07) is 9.90. The lowest BCUT2D eigenvalue weighted by Crippen LogP contribution is -2.02. The van der Waals surface area contributed by atoms with Crippen LogP contribution < -0.4 is 4.74 Å². The fourth-order valence-electron chi connectivity index (χ4n) is 1.48. The zero-order valence-corrected chi connectivity index (χ0v) is 11.9. The minimum Gasteiger partial charge on any atom is -0.486 e. The van der Waals surface area contributed by atoms with Gasteiger partial charge in [-0.25, -0.2) is 4.98 Å². The molecule has 0 amide bonds. The Balaban J connectivity index is 1.84. The van der Waals surface area contributed by atoms with Crippen LogP contribution in [0.4, 0.5) is 5.69 Å². The second kappa shape index (κ2) is 7.12. The number of nitro groups is 1. The van der Waals surface area contributed by atoms with Crippen LogP contribution >= 0.6 is 23.4 Å². The van der Waals surface area contributed by atoms with E-state index < -0.39 is 4.92 Å². The number of aromatic nitrogens is 1. The lowest BCUT2D eigenvalue weighted by Gasteiger charge is -2.06. The smallest absolute Gasteiger partial charge is 0.310 e. The fourth-order valence-corrected chi connectivity index (χ4v) is 2.25. The van der Waals surface area contributed by atoms with Gasteiger partial charge in [0.1, 0.15) is 0 Å². The first-order chi connectivity index (χ1) is 9.66. The maximum atomic E-state index is 10.8. The molecule has 2 rings (SSSR count). The number of nitro benzene ring substituents is 1. The summed E-state index contributed by atoms with van der Waals surface area (Å²) in [5.74, 6) is 0.919. The first-order valence-corrected chi connectivity index (χ1v) is 7.14. The van der Waals surface area contributed by atoms with Crippen molar-refractivity contribution in [1.82, 2.24) is 4.98 Å². The molecule has 104 valence electrons. The number of hydrogen-bond acceptors (Lipinski definition) is 5. The highest BCUT2D eigenvalue weighted by Gasteiger charge is 2.13. The van der Waals surface area contributed by atoms with Gasteiger partial charge in [-0.2, -0.15) is 0 Å². The standard InChI is InChI=1S/C13H11ClN2O3S/c14-10-5-6-13(15-9-10)20-8-7-19-12-4-2-1-3-11(12)16(17)18/h1-6,9H,7-8H2. The van der Waals surface area contributed by atoms with E-state index >= 15 is 0 Å². The fraction of sp³-hybridized carbons (Fsp3) is 0.154. The highest BCUT2D eigenvalue weighted by Crippen LogP contribution is 2.26. The van der Waals surface area contributed by atoms with Crippen LogP contribution in [-0.2, 0) is 0 Å². The third-order valence-electron chi connectivity index (χ3n) is 2.35. The number of benzene rings is 1. The van der Waals surface area contributed by atoms with Crippen molar-refractivity contribution in [3.8, 4) is 5.75 Å². The summed E-state index contributed by atoms with van der Waals surface area (Å²) in [7, 11) is 0. The van der Waals surface area contributed by atoms with E-state index in [0.29, 0.717) is 17.4 Å². The van der Waals surface area contributed by atoms with Crippen molar-refractivity contribution in [2.75, 3.05) is 12.4 Å². The van der Waals surface area contributed by atoms with Gasteiger partial charge in [0.05, 0.1) is 21.6 Å². The van der Waals surface area contributed by atoms with Crippen molar-refractivity contribution in [2.45, 2.75) is 5.03 Å². The maximum Gasteiger partial charge on any atom is 0.310 e. The van der Waals surface area contributed by atoms with Gasteiger partial charge in [0.2, 0.25) is 0 Å². The van der Waals surface area contributed by atoms with Gasteiger partial charge in [-0.05, 0) is 18.2 Å². The second-order valence-electron chi connectivity index (χ2n) is 3.74. The van der Waals surface area contributed by atoms with Gasteiger partial charge in [-0.3, -0.25) is 10.1 Å². The highest BCUT2D eigenvalue weighted by atomic mass is 35.5. The van der Waals surface area contributed by atoms with Gasteiger partial charge in [0.15, 0.2) is 5.75 Å². The Kier molecular flexibility index (Phi) is 5.20. The molecule has 0 N–H and O–H groups in total. The lowest BCUT2D eigenvalue weighted by molar-refractivity contribution is -0.385. The SMILES string of the molecule is O=[N+]([O-])c1ccccc1OCCSc1ccc(Cl)cn1. The molecule has 0 spiro atoms. The van der Waals surface area contributed by atoms with E-state index in [1.165, 1.54) is 17.8 Å². The number of para-hydroxylation sites is 2. The summed E-state index contributed by atoms with van der Waals surface area (Å²) >= 11 is 7.24. The van der Waals surface area contributed by atoms with Crippen LogP contribution in [0.15, 0.2) is 47.6 Å². The van der Waals surface area contributed by atoms with Crippen molar-refractivity contribution in [3.05, 3.63) is 57.7 Å². The summed E-state index contributed by atoms with van der Waals surface area (Å²) in [6.07, 6.45) is 1.58. The third-order valence-corrected chi connectivity index (χ3v) is 3.48. The van der Waals surface area contributed by atoms with Crippen LogP contribution in [-0.4, -0.2) is 22.3 Å². The van der Waals surface area contributed by atoms with E-state index in [2.05, 4.69) is 4.98 Å². The largest absolute Gasteiger partial charge is 0.486 e. The third kappa shape index (κ3) is 4.11. The molecule has 0 atom stereocenters. The van der Waals surface area contributed by atoms with Gasteiger partial charge in [0.25, 0.3) is 0 Å².